The van der Waals surface area contributed by atoms with E-state index in [4.69, 9.17) is 0 Å². The highest BCUT2D eigenvalue weighted by atomic mass is 79.9. The normalized spacial score (nSPS) is 11.1. The van der Waals surface area contributed by atoms with Gasteiger partial charge in [0.1, 0.15) is 5.82 Å². The van der Waals surface area contributed by atoms with Gasteiger partial charge >= 0.3 is 0 Å². The molecule has 5 heteroatoms. The lowest BCUT2D eigenvalue weighted by Crippen LogP contribution is -2.39. The Kier molecular flexibility index (Phi) is 6.45. The van der Waals surface area contributed by atoms with E-state index in [1.54, 1.807) is 12.1 Å². The number of hydrogen-bond acceptors (Lipinski definition) is 2. The van der Waals surface area contributed by atoms with E-state index in [9.17, 15) is 9.18 Å². The van der Waals surface area contributed by atoms with Crippen LogP contribution in [0.25, 0.3) is 0 Å². The van der Waals surface area contributed by atoms with Crippen molar-refractivity contribution in [3.8, 4) is 0 Å². The van der Waals surface area contributed by atoms with Crippen molar-refractivity contribution >= 4 is 21.8 Å². The van der Waals surface area contributed by atoms with E-state index in [1.165, 1.54) is 6.07 Å². The summed E-state index contributed by atoms with van der Waals surface area (Å²) in [6, 6.07) is 5.06. The molecule has 1 rings (SSSR count). The number of amides is 1. The summed E-state index contributed by atoms with van der Waals surface area (Å²) in [4.78, 5) is 13.7. The Morgan fingerprint density at radius 1 is 1.47 bits per heavy atom. The Morgan fingerprint density at radius 3 is 2.68 bits per heavy atom. The fourth-order valence-corrected chi connectivity index (χ4v) is 2.17. The van der Waals surface area contributed by atoms with Crippen LogP contribution in [0.2, 0.25) is 0 Å². The summed E-state index contributed by atoms with van der Waals surface area (Å²) >= 11 is 3.17. The number of benzene rings is 1. The van der Waals surface area contributed by atoms with Gasteiger partial charge in [-0.05, 0) is 54.0 Å². The van der Waals surface area contributed by atoms with Crippen LogP contribution < -0.4 is 5.32 Å². The molecule has 1 aromatic rings. The van der Waals surface area contributed by atoms with Crippen molar-refractivity contribution in [3.05, 3.63) is 34.1 Å². The van der Waals surface area contributed by atoms with Crippen molar-refractivity contribution in [1.29, 1.82) is 0 Å². The van der Waals surface area contributed by atoms with Gasteiger partial charge in [-0.1, -0.05) is 13.0 Å². The first-order valence-corrected chi connectivity index (χ1v) is 7.17. The first-order valence-electron chi connectivity index (χ1n) is 6.38. The van der Waals surface area contributed by atoms with Gasteiger partial charge in [0, 0.05) is 12.6 Å². The van der Waals surface area contributed by atoms with Crippen LogP contribution in [0.1, 0.15) is 26.3 Å². The Morgan fingerprint density at radius 2 is 2.16 bits per heavy atom. The maximum Gasteiger partial charge on any atom is 0.234 e. The summed E-state index contributed by atoms with van der Waals surface area (Å²) in [5.41, 5.74) is 0.979. The molecule has 1 N–H and O–H groups in total. The summed E-state index contributed by atoms with van der Waals surface area (Å²) in [7, 11) is 0. The number of likely N-dealkylation sites (N-methyl/N-ethyl adjacent to an activating group) is 1. The number of rotatable bonds is 6. The zero-order valence-electron chi connectivity index (χ0n) is 11.5. The van der Waals surface area contributed by atoms with Crippen molar-refractivity contribution in [2.75, 3.05) is 13.1 Å². The molecule has 1 aromatic carbocycles. The largest absolute Gasteiger partial charge is 0.353 e. The molecule has 0 radical (unpaired) electrons. The van der Waals surface area contributed by atoms with Gasteiger partial charge in [-0.3, -0.25) is 9.69 Å². The second-order valence-electron chi connectivity index (χ2n) is 4.77. The quantitative estimate of drug-likeness (QED) is 0.869. The third-order valence-electron chi connectivity index (χ3n) is 2.65. The number of carbonyl (C=O) groups is 1. The van der Waals surface area contributed by atoms with E-state index in [2.05, 4.69) is 21.2 Å². The van der Waals surface area contributed by atoms with Gasteiger partial charge in [-0.2, -0.15) is 0 Å². The summed E-state index contributed by atoms with van der Waals surface area (Å²) < 4.78 is 13.6. The molecule has 106 valence electrons. The van der Waals surface area contributed by atoms with Crippen LogP contribution >= 0.6 is 15.9 Å². The Hall–Kier alpha value is -0.940. The number of hydrogen-bond donors (Lipinski definition) is 1. The zero-order valence-corrected chi connectivity index (χ0v) is 13.1. The van der Waals surface area contributed by atoms with E-state index in [1.807, 2.05) is 25.7 Å². The van der Waals surface area contributed by atoms with Gasteiger partial charge in [0.2, 0.25) is 5.91 Å². The van der Waals surface area contributed by atoms with Crippen molar-refractivity contribution in [2.45, 2.75) is 33.4 Å². The van der Waals surface area contributed by atoms with Crippen LogP contribution in [0.5, 0.6) is 0 Å². The summed E-state index contributed by atoms with van der Waals surface area (Å²) in [6.45, 7) is 7.61. The Labute approximate surface area is 122 Å². The van der Waals surface area contributed by atoms with E-state index in [-0.39, 0.29) is 17.8 Å². The van der Waals surface area contributed by atoms with Crippen LogP contribution in [0.15, 0.2) is 22.7 Å². The molecule has 0 aliphatic heterocycles. The van der Waals surface area contributed by atoms with E-state index in [0.29, 0.717) is 17.6 Å². The first kappa shape index (κ1) is 16.1. The maximum atomic E-state index is 13.1. The highest BCUT2D eigenvalue weighted by Crippen LogP contribution is 2.17. The van der Waals surface area contributed by atoms with E-state index < -0.39 is 0 Å². The van der Waals surface area contributed by atoms with Crippen molar-refractivity contribution in [1.82, 2.24) is 10.2 Å². The molecule has 0 saturated carbocycles. The Bertz CT molecular complexity index is 437. The third kappa shape index (κ3) is 5.70. The van der Waals surface area contributed by atoms with Crippen molar-refractivity contribution in [3.63, 3.8) is 0 Å². The van der Waals surface area contributed by atoms with Gasteiger partial charge in [0.15, 0.2) is 0 Å². The SMILES string of the molecule is CCN(CC(=O)NC(C)C)Cc1ccc(F)c(Br)c1. The van der Waals surface area contributed by atoms with Crippen LogP contribution in [0.4, 0.5) is 4.39 Å². The molecular weight excluding hydrogens is 311 g/mol. The minimum atomic E-state index is -0.274. The molecule has 0 aromatic heterocycles. The molecule has 0 heterocycles. The Balaban J connectivity index is 2.61. The first-order chi connectivity index (χ1) is 8.92. The molecule has 0 fully saturated rings. The predicted octanol–water partition coefficient (Wildman–Crippen LogP) is 2.93. The lowest BCUT2D eigenvalue weighted by Gasteiger charge is -2.21. The zero-order chi connectivity index (χ0) is 14.4. The molecule has 0 spiro atoms. The number of nitrogens with zero attached hydrogens (tertiary/aromatic N) is 1. The summed E-state index contributed by atoms with van der Waals surface area (Å²) in [6.07, 6.45) is 0. The monoisotopic (exact) mass is 330 g/mol. The lowest BCUT2D eigenvalue weighted by molar-refractivity contribution is -0.122. The minimum Gasteiger partial charge on any atom is -0.353 e. The van der Waals surface area contributed by atoms with E-state index in [0.717, 1.165) is 12.1 Å². The van der Waals surface area contributed by atoms with Gasteiger partial charge < -0.3 is 5.32 Å². The predicted molar refractivity (Wildman–Crippen MR) is 78.3 cm³/mol. The van der Waals surface area contributed by atoms with Gasteiger partial charge in [-0.15, -0.1) is 0 Å². The van der Waals surface area contributed by atoms with E-state index >= 15 is 0 Å². The second-order valence-corrected chi connectivity index (χ2v) is 5.63. The minimum absolute atomic E-state index is 0.0121. The second kappa shape index (κ2) is 7.60. The highest BCUT2D eigenvalue weighted by molar-refractivity contribution is 9.10. The average molecular weight is 331 g/mol. The van der Waals surface area contributed by atoms with Crippen LogP contribution in [0.3, 0.4) is 0 Å². The van der Waals surface area contributed by atoms with Gasteiger partial charge in [-0.25, -0.2) is 4.39 Å². The van der Waals surface area contributed by atoms with Crippen molar-refractivity contribution < 1.29 is 9.18 Å². The molecule has 19 heavy (non-hydrogen) atoms. The smallest absolute Gasteiger partial charge is 0.234 e. The molecule has 1 amide bonds. The molecular formula is C14H20BrFN2O. The fraction of sp³-hybridized carbons (Fsp3) is 0.500. The third-order valence-corrected chi connectivity index (χ3v) is 3.26. The molecule has 3 nitrogen and oxygen atoms in total. The molecule has 0 bridgehead atoms. The number of carbonyl (C=O) groups excluding carboxylic acids is 1. The lowest BCUT2D eigenvalue weighted by atomic mass is 10.2. The van der Waals surface area contributed by atoms with Gasteiger partial charge in [0.25, 0.3) is 0 Å². The average Bonchev–Trinajstić information content (AvgIpc) is 2.32. The molecule has 0 unspecified atom stereocenters. The molecule has 0 atom stereocenters. The number of halogens is 2. The van der Waals surface area contributed by atoms with Crippen LogP contribution in [0, 0.1) is 5.82 Å². The fourth-order valence-electron chi connectivity index (χ4n) is 1.75. The molecule has 0 aliphatic rings. The maximum absolute atomic E-state index is 13.1. The summed E-state index contributed by atoms with van der Waals surface area (Å²) in [5, 5.41) is 2.86. The van der Waals surface area contributed by atoms with Crippen LogP contribution in [-0.4, -0.2) is 29.9 Å². The molecule has 0 saturated heterocycles. The van der Waals surface area contributed by atoms with Crippen molar-refractivity contribution in [2.24, 2.45) is 0 Å². The van der Waals surface area contributed by atoms with Crippen LogP contribution in [-0.2, 0) is 11.3 Å². The highest BCUT2D eigenvalue weighted by Gasteiger charge is 2.11. The summed E-state index contributed by atoms with van der Waals surface area (Å²) in [5.74, 6) is -0.262. The number of nitrogens with one attached hydrogen (secondary N) is 1. The van der Waals surface area contributed by atoms with Gasteiger partial charge in [0.05, 0.1) is 11.0 Å². The standard InChI is InChI=1S/C14H20BrFN2O/c1-4-18(9-14(19)17-10(2)3)8-11-5-6-13(16)12(15)7-11/h5-7,10H,4,8-9H2,1-3H3,(H,17,19). The topological polar surface area (TPSA) is 32.3 Å². The molecule has 0 aliphatic carbocycles.